The van der Waals surface area contributed by atoms with E-state index in [1.54, 1.807) is 10.6 Å². The van der Waals surface area contributed by atoms with Crippen LogP contribution in [0, 0.1) is 0 Å². The Morgan fingerprint density at radius 2 is 2.04 bits per heavy atom. The summed E-state index contributed by atoms with van der Waals surface area (Å²) in [5.74, 6) is 0.0607. The van der Waals surface area contributed by atoms with Gasteiger partial charge in [-0.1, -0.05) is 65.7 Å². The molecule has 0 fully saturated rings. The third-order valence-corrected chi connectivity index (χ3v) is 3.52. The first-order chi connectivity index (χ1) is 10.8. The lowest BCUT2D eigenvalue weighted by atomic mass is 10.1. The Morgan fingerprint density at radius 3 is 2.61 bits per heavy atom. The van der Waals surface area contributed by atoms with E-state index in [1.165, 1.54) is 0 Å². The summed E-state index contributed by atoms with van der Waals surface area (Å²) in [6.45, 7) is 6.09. The molecule has 5 nitrogen and oxygen atoms in total. The fourth-order valence-corrected chi connectivity index (χ4v) is 2.16. The topological polar surface area (TPSA) is 69.6 Å². The lowest BCUT2D eigenvalue weighted by molar-refractivity contribution is 0.832. The quantitative estimate of drug-likeness (QED) is 0.512. The molecule has 0 unspecified atom stereocenters. The van der Waals surface area contributed by atoms with Crippen molar-refractivity contribution in [2.45, 2.75) is 17.3 Å². The molecule has 2 heterocycles. The molecule has 2 aromatic rings. The van der Waals surface area contributed by atoms with Gasteiger partial charge in [0.1, 0.15) is 5.52 Å². The molecule has 0 bridgehead atoms. The minimum absolute atomic E-state index is 0.0359. The van der Waals surface area contributed by atoms with Gasteiger partial charge in [0.15, 0.2) is 25.1 Å². The molecule has 0 spiro atoms. The molecule has 118 valence electrons. The molecule has 0 saturated carbocycles. The van der Waals surface area contributed by atoms with Crippen LogP contribution in [0.2, 0.25) is 0 Å². The molecule has 2 radical (unpaired) electrons. The Morgan fingerprint density at radius 1 is 1.35 bits per heavy atom. The Balaban J connectivity index is 2.62. The van der Waals surface area contributed by atoms with Crippen molar-refractivity contribution in [1.82, 2.24) is 19.5 Å². The van der Waals surface area contributed by atoms with Crippen LogP contribution in [-0.4, -0.2) is 27.4 Å². The SMILES string of the molecule is [B]c1nc2c(N)nc(C(Cl)(Cl)Cl)nc2n1C/C(C=C)=C/C=C\C. The Labute approximate surface area is 150 Å². The molecule has 2 N–H and O–H groups in total. The molecule has 0 saturated heterocycles. The number of fused-ring (bicyclic) bond motifs is 1. The summed E-state index contributed by atoms with van der Waals surface area (Å²) in [7, 11) is 5.96. The summed E-state index contributed by atoms with van der Waals surface area (Å²) < 4.78 is -0.140. The van der Waals surface area contributed by atoms with Gasteiger partial charge in [0.2, 0.25) is 3.79 Å². The largest absolute Gasteiger partial charge is 0.382 e. The number of nitrogens with zero attached hydrogens (tertiary/aromatic N) is 4. The molecule has 0 atom stereocenters. The molecular weight excluding hydrogens is 355 g/mol. The molecular formula is C14H13BCl3N5. The molecule has 2 rings (SSSR count). The molecule has 2 aromatic heterocycles. The summed E-state index contributed by atoms with van der Waals surface area (Å²) in [5.41, 5.74) is 7.76. The van der Waals surface area contributed by atoms with Crippen molar-refractivity contribution < 1.29 is 0 Å². The van der Waals surface area contributed by atoms with Crippen molar-refractivity contribution in [2.24, 2.45) is 0 Å². The predicted molar refractivity (Wildman–Crippen MR) is 97.5 cm³/mol. The summed E-state index contributed by atoms with van der Waals surface area (Å²) >= 11 is 17.5. The van der Waals surface area contributed by atoms with Gasteiger partial charge in [-0.3, -0.25) is 0 Å². The van der Waals surface area contributed by atoms with Crippen LogP contribution in [0.25, 0.3) is 11.2 Å². The minimum atomic E-state index is -1.80. The second-order valence-electron chi connectivity index (χ2n) is 4.63. The molecule has 0 aliphatic carbocycles. The molecule has 9 heteroatoms. The highest BCUT2D eigenvalue weighted by atomic mass is 35.6. The zero-order chi connectivity index (χ0) is 17.2. The monoisotopic (exact) mass is 367 g/mol. The zero-order valence-electron chi connectivity index (χ0n) is 12.3. The second-order valence-corrected chi connectivity index (χ2v) is 6.91. The number of anilines is 1. The van der Waals surface area contributed by atoms with Crippen molar-refractivity contribution in [1.29, 1.82) is 0 Å². The van der Waals surface area contributed by atoms with Crippen molar-refractivity contribution in [3.63, 3.8) is 0 Å². The summed E-state index contributed by atoms with van der Waals surface area (Å²) in [4.78, 5) is 12.4. The van der Waals surface area contributed by atoms with E-state index in [1.807, 2.05) is 25.2 Å². The van der Waals surface area contributed by atoms with E-state index in [9.17, 15) is 0 Å². The first kappa shape index (κ1) is 17.9. The highest BCUT2D eigenvalue weighted by Crippen LogP contribution is 2.37. The predicted octanol–water partition coefficient (Wildman–Crippen LogP) is 2.72. The number of hydrogen-bond acceptors (Lipinski definition) is 4. The average Bonchev–Trinajstić information content (AvgIpc) is 2.79. The first-order valence-electron chi connectivity index (χ1n) is 6.58. The highest BCUT2D eigenvalue weighted by molar-refractivity contribution is 6.66. The summed E-state index contributed by atoms with van der Waals surface area (Å²) in [6, 6.07) is 0. The number of hydrogen-bond donors (Lipinski definition) is 1. The summed E-state index contributed by atoms with van der Waals surface area (Å²) in [5, 5.41) is 0. The van der Waals surface area contributed by atoms with E-state index in [2.05, 4.69) is 21.5 Å². The smallest absolute Gasteiger partial charge is 0.250 e. The van der Waals surface area contributed by atoms with E-state index in [0.717, 1.165) is 5.57 Å². The number of nitrogen functional groups attached to an aromatic ring is 1. The fraction of sp³-hybridized carbons (Fsp3) is 0.214. The standard InChI is InChI=1S/C14H13BCl3N5/c1-3-5-6-8(4-2)7-23-11-9(20-13(23)15)10(19)21-12(22-11)14(16,17)18/h3-6H,2,7H2,1H3,(H2,19,21,22)/b5-3-,8-6+. The van der Waals surface area contributed by atoms with Crippen molar-refractivity contribution >= 4 is 65.4 Å². The molecule has 0 amide bonds. The van der Waals surface area contributed by atoms with E-state index in [4.69, 9.17) is 48.4 Å². The van der Waals surface area contributed by atoms with Crippen LogP contribution >= 0.6 is 34.8 Å². The van der Waals surface area contributed by atoms with Gasteiger partial charge in [-0.25, -0.2) is 15.0 Å². The highest BCUT2D eigenvalue weighted by Gasteiger charge is 2.29. The number of imidazole rings is 1. The van der Waals surface area contributed by atoms with Crippen molar-refractivity contribution in [3.05, 3.63) is 42.3 Å². The van der Waals surface area contributed by atoms with Gasteiger partial charge in [-0.2, -0.15) is 0 Å². The van der Waals surface area contributed by atoms with Crippen LogP contribution in [0.15, 0.2) is 36.5 Å². The van der Waals surface area contributed by atoms with E-state index in [-0.39, 0.29) is 17.4 Å². The van der Waals surface area contributed by atoms with E-state index < -0.39 is 3.79 Å². The van der Waals surface area contributed by atoms with Crippen LogP contribution in [0.5, 0.6) is 0 Å². The van der Waals surface area contributed by atoms with Gasteiger partial charge in [-0.05, 0) is 12.5 Å². The van der Waals surface area contributed by atoms with Gasteiger partial charge < -0.3 is 10.3 Å². The molecule has 0 aromatic carbocycles. The lowest BCUT2D eigenvalue weighted by Crippen LogP contribution is -2.20. The summed E-state index contributed by atoms with van der Waals surface area (Å²) in [6.07, 6.45) is 7.41. The van der Waals surface area contributed by atoms with Gasteiger partial charge in [-0.15, -0.1) is 0 Å². The van der Waals surface area contributed by atoms with E-state index >= 15 is 0 Å². The average molecular weight is 368 g/mol. The van der Waals surface area contributed by atoms with E-state index in [0.29, 0.717) is 17.7 Å². The normalized spacial score (nSPS) is 13.1. The van der Waals surface area contributed by atoms with Crippen LogP contribution < -0.4 is 11.5 Å². The maximum atomic E-state index is 5.96. The number of alkyl halides is 3. The van der Waals surface area contributed by atoms with Crippen molar-refractivity contribution in [3.8, 4) is 0 Å². The number of nitrogens with two attached hydrogens (primary N) is 1. The first-order valence-corrected chi connectivity index (χ1v) is 7.72. The zero-order valence-corrected chi connectivity index (χ0v) is 14.6. The maximum Gasteiger partial charge on any atom is 0.250 e. The van der Waals surface area contributed by atoms with Gasteiger partial charge in [0.25, 0.3) is 0 Å². The van der Waals surface area contributed by atoms with Gasteiger partial charge >= 0.3 is 0 Å². The molecule has 0 aliphatic rings. The third kappa shape index (κ3) is 3.89. The van der Waals surface area contributed by atoms with Gasteiger partial charge in [0.05, 0.1) is 5.72 Å². The maximum absolute atomic E-state index is 5.96. The Hall–Kier alpha value is -1.50. The number of rotatable bonds is 4. The second kappa shape index (κ2) is 6.95. The van der Waals surface area contributed by atoms with Crippen molar-refractivity contribution in [2.75, 3.05) is 5.73 Å². The van der Waals surface area contributed by atoms with Crippen LogP contribution in [-0.2, 0) is 10.3 Å². The fourth-order valence-electron chi connectivity index (χ4n) is 1.91. The van der Waals surface area contributed by atoms with Crippen LogP contribution in [0.3, 0.4) is 0 Å². The Kier molecular flexibility index (Phi) is 5.39. The molecule has 23 heavy (non-hydrogen) atoms. The minimum Gasteiger partial charge on any atom is -0.382 e. The number of halogens is 3. The number of aromatic nitrogens is 4. The third-order valence-electron chi connectivity index (χ3n) is 3.01. The van der Waals surface area contributed by atoms with Crippen LogP contribution in [0.4, 0.5) is 5.82 Å². The molecule has 0 aliphatic heterocycles. The van der Waals surface area contributed by atoms with Crippen LogP contribution in [0.1, 0.15) is 12.7 Å². The lowest BCUT2D eigenvalue weighted by Gasteiger charge is -2.11. The number of allylic oxidation sites excluding steroid dienone is 5. The van der Waals surface area contributed by atoms with Gasteiger partial charge in [0, 0.05) is 6.54 Å². The Bertz CT molecular complexity index is 805.